The van der Waals surface area contributed by atoms with Crippen LogP contribution in [-0.2, 0) is 36.1 Å². The predicted molar refractivity (Wildman–Crippen MR) is 130 cm³/mol. The van der Waals surface area contributed by atoms with Crippen molar-refractivity contribution < 1.29 is 30.7 Å². The van der Waals surface area contributed by atoms with E-state index in [1.54, 1.807) is 19.2 Å². The van der Waals surface area contributed by atoms with Crippen LogP contribution >= 0.6 is 0 Å². The molecule has 1 saturated heterocycles. The van der Waals surface area contributed by atoms with Crippen molar-refractivity contribution in [2.75, 3.05) is 20.2 Å². The Bertz CT molecular complexity index is 1510. The van der Waals surface area contributed by atoms with Gasteiger partial charge in [0.2, 0.25) is 10.0 Å². The number of halogens is 4. The standard InChI is InChI=1S/C26H26F4N4O3S/c1-33-14-18(13-31-33)38(35,36)32-6-7-37-22-11-19-16(10-21(22)27)12-25(23-24(25)34(23)2)20(19)9-15-4-3-5-17(8-15)26(28,29)30/h3-5,8,10-11,13-14,20,23-24,32H,6-7,9,12H2,1-2H3. The number of fused-ring (bicyclic) bond motifs is 4. The second-order valence-corrected chi connectivity index (χ2v) is 12.1. The Balaban J connectivity index is 1.20. The molecule has 1 aliphatic heterocycles. The fraction of sp³-hybridized carbons (Fsp3) is 0.423. The molecule has 3 atom stereocenters. The van der Waals surface area contributed by atoms with Gasteiger partial charge in [0.15, 0.2) is 11.6 Å². The molecule has 2 fully saturated rings. The van der Waals surface area contributed by atoms with Crippen molar-refractivity contribution in [2.45, 2.75) is 41.9 Å². The minimum absolute atomic E-state index is 0.00176. The van der Waals surface area contributed by atoms with E-state index < -0.39 is 27.6 Å². The monoisotopic (exact) mass is 550 g/mol. The first-order chi connectivity index (χ1) is 17.9. The first kappa shape index (κ1) is 25.3. The van der Waals surface area contributed by atoms with Gasteiger partial charge in [-0.15, -0.1) is 0 Å². The topological polar surface area (TPSA) is 76.2 Å². The molecule has 3 unspecified atom stereocenters. The Morgan fingerprint density at radius 1 is 1.18 bits per heavy atom. The summed E-state index contributed by atoms with van der Waals surface area (Å²) in [5.41, 5.74) is 1.54. The number of sulfonamides is 1. The van der Waals surface area contributed by atoms with Gasteiger partial charge in [0.25, 0.3) is 0 Å². The molecule has 7 nitrogen and oxygen atoms in total. The maximum absolute atomic E-state index is 15.0. The van der Waals surface area contributed by atoms with Gasteiger partial charge in [0.05, 0.1) is 11.8 Å². The molecule has 3 aliphatic rings. The number of alkyl halides is 3. The van der Waals surface area contributed by atoms with Crippen LogP contribution in [0.4, 0.5) is 17.6 Å². The lowest BCUT2D eigenvalue weighted by Crippen LogP contribution is -2.31. The van der Waals surface area contributed by atoms with Gasteiger partial charge in [-0.25, -0.2) is 17.5 Å². The minimum atomic E-state index is -4.42. The number of aromatic nitrogens is 2. The van der Waals surface area contributed by atoms with Crippen LogP contribution in [0, 0.1) is 11.2 Å². The minimum Gasteiger partial charge on any atom is -0.489 e. The Morgan fingerprint density at radius 3 is 2.61 bits per heavy atom. The van der Waals surface area contributed by atoms with Crippen LogP contribution in [0.3, 0.4) is 0 Å². The molecule has 1 saturated carbocycles. The molecule has 202 valence electrons. The van der Waals surface area contributed by atoms with Gasteiger partial charge in [0.1, 0.15) is 11.5 Å². The second-order valence-electron chi connectivity index (χ2n) is 10.4. The molecule has 1 aromatic heterocycles. The molecule has 38 heavy (non-hydrogen) atoms. The summed E-state index contributed by atoms with van der Waals surface area (Å²) in [4.78, 5) is 2.24. The molecule has 0 radical (unpaired) electrons. The first-order valence-corrected chi connectivity index (χ1v) is 13.7. The molecule has 2 heterocycles. The van der Waals surface area contributed by atoms with Crippen LogP contribution in [-0.4, -0.2) is 55.4 Å². The molecular weight excluding hydrogens is 524 g/mol. The number of likely N-dealkylation sites (N-methyl/N-ethyl adjacent to an activating group) is 1. The number of likely N-dealkylation sites (tertiary alicyclic amines) is 1. The molecule has 0 bridgehead atoms. The van der Waals surface area contributed by atoms with Gasteiger partial charge in [-0.3, -0.25) is 9.58 Å². The molecule has 1 N–H and O–H groups in total. The third kappa shape index (κ3) is 4.09. The second kappa shape index (κ2) is 8.52. The number of rotatable bonds is 8. The molecule has 2 aliphatic carbocycles. The van der Waals surface area contributed by atoms with Crippen molar-refractivity contribution in [1.82, 2.24) is 19.4 Å². The van der Waals surface area contributed by atoms with Crippen molar-refractivity contribution >= 4 is 10.0 Å². The van der Waals surface area contributed by atoms with E-state index in [1.165, 1.54) is 35.3 Å². The summed E-state index contributed by atoms with van der Waals surface area (Å²) in [6.45, 7) is -0.188. The van der Waals surface area contributed by atoms with E-state index in [1.807, 2.05) is 7.05 Å². The molecule has 1 spiro atoms. The lowest BCUT2D eigenvalue weighted by Gasteiger charge is -2.29. The number of ether oxygens (including phenoxy) is 1. The highest BCUT2D eigenvalue weighted by Crippen LogP contribution is 2.76. The van der Waals surface area contributed by atoms with E-state index in [-0.39, 0.29) is 35.1 Å². The Kier molecular flexibility index (Phi) is 5.68. The van der Waals surface area contributed by atoms with Crippen LogP contribution in [0.25, 0.3) is 0 Å². The number of benzene rings is 2. The van der Waals surface area contributed by atoms with Crippen LogP contribution in [0.1, 0.15) is 28.2 Å². The van der Waals surface area contributed by atoms with E-state index in [0.717, 1.165) is 17.2 Å². The summed E-state index contributed by atoms with van der Waals surface area (Å²) >= 11 is 0. The largest absolute Gasteiger partial charge is 0.489 e. The lowest BCUT2D eigenvalue weighted by atomic mass is 9.81. The van der Waals surface area contributed by atoms with Crippen molar-refractivity contribution in [2.24, 2.45) is 12.5 Å². The van der Waals surface area contributed by atoms with Gasteiger partial charge in [0, 0.05) is 37.3 Å². The Morgan fingerprint density at radius 2 is 1.95 bits per heavy atom. The summed E-state index contributed by atoms with van der Waals surface area (Å²) < 4.78 is 89.0. The van der Waals surface area contributed by atoms with E-state index in [4.69, 9.17) is 4.74 Å². The molecule has 12 heteroatoms. The average Bonchev–Trinajstić information content (AvgIpc) is 3.61. The van der Waals surface area contributed by atoms with Gasteiger partial charge in [-0.05, 0) is 60.7 Å². The summed E-state index contributed by atoms with van der Waals surface area (Å²) in [6.07, 6.45) is -0.749. The summed E-state index contributed by atoms with van der Waals surface area (Å²) in [6, 6.07) is 9.17. The fourth-order valence-corrected chi connectivity index (χ4v) is 7.36. The number of nitrogens with zero attached hydrogens (tertiary/aromatic N) is 3. The SMILES string of the molecule is CN1C2C1C21Cc2cc(F)c(OCCNS(=O)(=O)c3cnn(C)c3)cc2C1Cc1cccc(C(F)(F)F)c1. The third-order valence-electron chi connectivity index (χ3n) is 8.13. The van der Waals surface area contributed by atoms with Crippen molar-refractivity contribution in [3.63, 3.8) is 0 Å². The molecule has 0 amide bonds. The first-order valence-electron chi connectivity index (χ1n) is 12.2. The maximum Gasteiger partial charge on any atom is 0.416 e. The van der Waals surface area contributed by atoms with Crippen molar-refractivity contribution in [3.8, 4) is 5.75 Å². The number of nitrogens with one attached hydrogen (secondary N) is 1. The van der Waals surface area contributed by atoms with E-state index >= 15 is 0 Å². The normalized spacial score (nSPS) is 27.3. The van der Waals surface area contributed by atoms with Gasteiger partial charge in [-0.1, -0.05) is 18.2 Å². The number of aryl methyl sites for hydroxylation is 1. The predicted octanol–water partition coefficient (Wildman–Crippen LogP) is 3.50. The highest BCUT2D eigenvalue weighted by molar-refractivity contribution is 7.89. The zero-order chi connectivity index (χ0) is 27.0. The van der Waals surface area contributed by atoms with Gasteiger partial charge >= 0.3 is 6.18 Å². The summed E-state index contributed by atoms with van der Waals surface area (Å²) in [5, 5.41) is 3.85. The highest BCUT2D eigenvalue weighted by atomic mass is 32.2. The van der Waals surface area contributed by atoms with Gasteiger partial charge in [-0.2, -0.15) is 18.3 Å². The van der Waals surface area contributed by atoms with E-state index in [9.17, 15) is 26.0 Å². The summed E-state index contributed by atoms with van der Waals surface area (Å²) in [7, 11) is -0.153. The molecular formula is C26H26F4N4O3S. The smallest absolute Gasteiger partial charge is 0.416 e. The Labute approximate surface area is 217 Å². The quantitative estimate of drug-likeness (QED) is 0.264. The number of hydrogen-bond acceptors (Lipinski definition) is 5. The summed E-state index contributed by atoms with van der Waals surface area (Å²) in [5.74, 6) is -0.617. The van der Waals surface area contributed by atoms with Crippen LogP contribution in [0.2, 0.25) is 0 Å². The molecule has 2 aromatic carbocycles. The zero-order valence-electron chi connectivity index (χ0n) is 20.7. The van der Waals surface area contributed by atoms with Crippen molar-refractivity contribution in [1.29, 1.82) is 0 Å². The van der Waals surface area contributed by atoms with Crippen molar-refractivity contribution in [3.05, 3.63) is 76.9 Å². The maximum atomic E-state index is 15.0. The number of hydrogen-bond donors (Lipinski definition) is 1. The average molecular weight is 551 g/mol. The Hall–Kier alpha value is -2.96. The lowest BCUT2D eigenvalue weighted by molar-refractivity contribution is -0.137. The van der Waals surface area contributed by atoms with E-state index in [2.05, 4.69) is 14.7 Å². The third-order valence-corrected chi connectivity index (χ3v) is 9.55. The van der Waals surface area contributed by atoms with Crippen LogP contribution in [0.15, 0.2) is 53.7 Å². The highest BCUT2D eigenvalue weighted by Gasteiger charge is 2.84. The van der Waals surface area contributed by atoms with Crippen LogP contribution in [0.5, 0.6) is 5.75 Å². The molecule has 6 rings (SSSR count). The fourth-order valence-electron chi connectivity index (χ4n) is 6.36. The zero-order valence-corrected chi connectivity index (χ0v) is 21.5. The molecule has 3 aromatic rings. The van der Waals surface area contributed by atoms with E-state index in [0.29, 0.717) is 30.5 Å². The van der Waals surface area contributed by atoms with Crippen LogP contribution < -0.4 is 9.46 Å². The van der Waals surface area contributed by atoms with Gasteiger partial charge < -0.3 is 4.74 Å².